The standard InChI is InChI=1S/C9H10BrN3O/c1-11-9(14)13-6-12-8-4-2-7(10)3-5-8/h2-6H,1H3,(H2,11,12,13,14). The Balaban J connectivity index is 2.52. The van der Waals surface area contributed by atoms with E-state index < -0.39 is 0 Å². The molecule has 0 heterocycles. The highest BCUT2D eigenvalue weighted by molar-refractivity contribution is 9.10. The molecule has 2 amide bonds. The summed E-state index contributed by atoms with van der Waals surface area (Å²) in [5, 5.41) is 4.85. The summed E-state index contributed by atoms with van der Waals surface area (Å²) in [6.45, 7) is 0. The molecule has 0 saturated carbocycles. The van der Waals surface area contributed by atoms with Gasteiger partial charge in [-0.25, -0.2) is 9.79 Å². The van der Waals surface area contributed by atoms with Crippen LogP contribution in [0.3, 0.4) is 0 Å². The second-order valence-corrected chi connectivity index (χ2v) is 3.37. The molecule has 0 aromatic heterocycles. The maximum atomic E-state index is 10.7. The molecule has 14 heavy (non-hydrogen) atoms. The zero-order valence-corrected chi connectivity index (χ0v) is 9.21. The number of carbonyl (C=O) groups is 1. The van der Waals surface area contributed by atoms with E-state index in [2.05, 4.69) is 31.6 Å². The quantitative estimate of drug-likeness (QED) is 0.617. The smallest absolute Gasteiger partial charge is 0.319 e. The van der Waals surface area contributed by atoms with Crippen LogP contribution in [0.15, 0.2) is 33.7 Å². The summed E-state index contributed by atoms with van der Waals surface area (Å²) < 4.78 is 0.996. The van der Waals surface area contributed by atoms with Gasteiger partial charge >= 0.3 is 6.03 Å². The Labute approximate surface area is 90.6 Å². The molecule has 0 radical (unpaired) electrons. The van der Waals surface area contributed by atoms with E-state index in [1.54, 1.807) is 7.05 Å². The van der Waals surface area contributed by atoms with E-state index in [4.69, 9.17) is 0 Å². The monoisotopic (exact) mass is 255 g/mol. The Hall–Kier alpha value is -1.36. The molecule has 0 spiro atoms. The molecule has 4 nitrogen and oxygen atoms in total. The van der Waals surface area contributed by atoms with Crippen LogP contribution in [0.4, 0.5) is 10.5 Å². The first-order valence-electron chi connectivity index (χ1n) is 3.98. The van der Waals surface area contributed by atoms with E-state index in [0.717, 1.165) is 10.2 Å². The van der Waals surface area contributed by atoms with Gasteiger partial charge in [0.1, 0.15) is 0 Å². The Kier molecular flexibility index (Phi) is 4.12. The van der Waals surface area contributed by atoms with Crippen molar-refractivity contribution in [2.45, 2.75) is 0 Å². The summed E-state index contributed by atoms with van der Waals surface area (Å²) in [7, 11) is 1.54. The normalized spacial score (nSPS) is 10.1. The topological polar surface area (TPSA) is 53.5 Å². The minimum atomic E-state index is -0.286. The fraction of sp³-hybridized carbons (Fsp3) is 0.111. The summed E-state index contributed by atoms with van der Waals surface area (Å²) in [5.41, 5.74) is 0.782. The van der Waals surface area contributed by atoms with Gasteiger partial charge in [0.2, 0.25) is 0 Å². The Morgan fingerprint density at radius 2 is 2.07 bits per heavy atom. The van der Waals surface area contributed by atoms with Crippen molar-refractivity contribution < 1.29 is 4.79 Å². The molecular weight excluding hydrogens is 246 g/mol. The lowest BCUT2D eigenvalue weighted by atomic mass is 10.3. The van der Waals surface area contributed by atoms with Crippen molar-refractivity contribution in [3.63, 3.8) is 0 Å². The molecule has 0 bridgehead atoms. The number of nitrogens with one attached hydrogen (secondary N) is 2. The molecule has 0 fully saturated rings. The number of hydrogen-bond donors (Lipinski definition) is 2. The van der Waals surface area contributed by atoms with Crippen LogP contribution < -0.4 is 10.6 Å². The van der Waals surface area contributed by atoms with E-state index in [1.807, 2.05) is 24.3 Å². The molecule has 0 unspecified atom stereocenters. The second kappa shape index (κ2) is 5.39. The molecule has 0 aliphatic carbocycles. The number of nitrogens with zero attached hydrogens (tertiary/aromatic N) is 1. The lowest BCUT2D eigenvalue weighted by Gasteiger charge is -1.96. The zero-order valence-electron chi connectivity index (χ0n) is 7.62. The highest BCUT2D eigenvalue weighted by Crippen LogP contribution is 2.15. The molecule has 2 N–H and O–H groups in total. The van der Waals surface area contributed by atoms with Crippen LogP contribution in [-0.2, 0) is 0 Å². The predicted molar refractivity (Wildman–Crippen MR) is 59.9 cm³/mol. The van der Waals surface area contributed by atoms with E-state index in [1.165, 1.54) is 6.34 Å². The number of hydrogen-bond acceptors (Lipinski definition) is 2. The SMILES string of the molecule is CNC(=O)NC=Nc1ccc(Br)cc1. The summed E-state index contributed by atoms with van der Waals surface area (Å²) in [6, 6.07) is 7.16. The van der Waals surface area contributed by atoms with Crippen molar-refractivity contribution in [2.24, 2.45) is 4.99 Å². The van der Waals surface area contributed by atoms with E-state index >= 15 is 0 Å². The second-order valence-electron chi connectivity index (χ2n) is 2.46. The third kappa shape index (κ3) is 3.57. The molecular formula is C9H10BrN3O. The minimum Gasteiger partial charge on any atom is -0.341 e. The van der Waals surface area contributed by atoms with E-state index in [9.17, 15) is 4.79 Å². The number of rotatable bonds is 2. The van der Waals surface area contributed by atoms with Gasteiger partial charge in [-0.2, -0.15) is 0 Å². The number of halogens is 1. The molecule has 0 atom stereocenters. The Bertz CT molecular complexity index is 334. The molecule has 1 aromatic carbocycles. The van der Waals surface area contributed by atoms with Crippen molar-refractivity contribution in [3.05, 3.63) is 28.7 Å². The largest absolute Gasteiger partial charge is 0.341 e. The van der Waals surface area contributed by atoms with Crippen LogP contribution >= 0.6 is 15.9 Å². The molecule has 0 saturated heterocycles. The van der Waals surface area contributed by atoms with Gasteiger partial charge < -0.3 is 5.32 Å². The summed E-state index contributed by atoms with van der Waals surface area (Å²) >= 11 is 3.32. The van der Waals surface area contributed by atoms with Crippen LogP contribution in [0, 0.1) is 0 Å². The molecule has 0 aliphatic heterocycles. The fourth-order valence-corrected chi connectivity index (χ4v) is 1.03. The number of urea groups is 1. The average Bonchev–Trinajstić information content (AvgIpc) is 2.21. The highest BCUT2D eigenvalue weighted by Gasteiger charge is 1.90. The van der Waals surface area contributed by atoms with Crippen molar-refractivity contribution in [2.75, 3.05) is 7.05 Å². The fourth-order valence-electron chi connectivity index (χ4n) is 0.765. The van der Waals surface area contributed by atoms with Gasteiger partial charge in [-0.15, -0.1) is 0 Å². The average molecular weight is 256 g/mol. The maximum absolute atomic E-state index is 10.7. The van der Waals surface area contributed by atoms with Crippen molar-refractivity contribution in [3.8, 4) is 0 Å². The lowest BCUT2D eigenvalue weighted by Crippen LogP contribution is -2.31. The summed E-state index contributed by atoms with van der Waals surface area (Å²) in [4.78, 5) is 14.8. The summed E-state index contributed by atoms with van der Waals surface area (Å²) in [5.74, 6) is 0. The van der Waals surface area contributed by atoms with Gasteiger partial charge in [-0.3, -0.25) is 5.32 Å². The van der Waals surface area contributed by atoms with Crippen LogP contribution in [0.25, 0.3) is 0 Å². The van der Waals surface area contributed by atoms with Crippen LogP contribution in [0.2, 0.25) is 0 Å². The Morgan fingerprint density at radius 1 is 1.43 bits per heavy atom. The van der Waals surface area contributed by atoms with Crippen LogP contribution in [-0.4, -0.2) is 19.4 Å². The molecule has 1 aromatic rings. The predicted octanol–water partition coefficient (Wildman–Crippen LogP) is 2.04. The molecule has 74 valence electrons. The number of benzene rings is 1. The van der Waals surface area contributed by atoms with Crippen molar-refractivity contribution in [1.82, 2.24) is 10.6 Å². The lowest BCUT2D eigenvalue weighted by molar-refractivity contribution is 0.247. The van der Waals surface area contributed by atoms with Gasteiger partial charge in [-0.1, -0.05) is 15.9 Å². The number of carbonyl (C=O) groups excluding carboxylic acids is 1. The van der Waals surface area contributed by atoms with Gasteiger partial charge in [0.15, 0.2) is 0 Å². The molecule has 0 aliphatic rings. The minimum absolute atomic E-state index is 0.286. The first-order chi connectivity index (χ1) is 6.72. The van der Waals surface area contributed by atoms with Gasteiger partial charge in [-0.05, 0) is 24.3 Å². The van der Waals surface area contributed by atoms with Gasteiger partial charge in [0, 0.05) is 11.5 Å². The molecule has 1 rings (SSSR count). The summed E-state index contributed by atoms with van der Waals surface area (Å²) in [6.07, 6.45) is 1.35. The number of amides is 2. The first kappa shape index (κ1) is 10.7. The van der Waals surface area contributed by atoms with Gasteiger partial charge in [0.25, 0.3) is 0 Å². The van der Waals surface area contributed by atoms with E-state index in [-0.39, 0.29) is 6.03 Å². The zero-order chi connectivity index (χ0) is 10.4. The third-order valence-electron chi connectivity index (χ3n) is 1.46. The highest BCUT2D eigenvalue weighted by atomic mass is 79.9. The first-order valence-corrected chi connectivity index (χ1v) is 4.78. The number of aliphatic imine (C=N–C) groups is 1. The third-order valence-corrected chi connectivity index (χ3v) is 1.99. The van der Waals surface area contributed by atoms with E-state index in [0.29, 0.717) is 0 Å². The van der Waals surface area contributed by atoms with Crippen LogP contribution in [0.5, 0.6) is 0 Å². The maximum Gasteiger partial charge on any atom is 0.319 e. The Morgan fingerprint density at radius 3 is 2.64 bits per heavy atom. The van der Waals surface area contributed by atoms with Crippen molar-refractivity contribution >= 4 is 34.0 Å². The van der Waals surface area contributed by atoms with Crippen molar-refractivity contribution in [1.29, 1.82) is 0 Å². The molecule has 5 heteroatoms. The van der Waals surface area contributed by atoms with Crippen LogP contribution in [0.1, 0.15) is 0 Å². The van der Waals surface area contributed by atoms with Gasteiger partial charge in [0.05, 0.1) is 12.0 Å².